The zero-order valence-corrected chi connectivity index (χ0v) is 15.9. The Hall–Kier alpha value is -1.91. The quantitative estimate of drug-likeness (QED) is 0.921. The maximum absolute atomic E-state index is 12.8. The second kappa shape index (κ2) is 7.01. The number of rotatable bonds is 3. The van der Waals surface area contributed by atoms with Gasteiger partial charge in [0, 0.05) is 60.8 Å². The molecule has 1 spiro atoms. The van der Waals surface area contributed by atoms with Crippen LogP contribution < -0.4 is 5.43 Å². The molecule has 2 fully saturated rings. The summed E-state index contributed by atoms with van der Waals surface area (Å²) in [4.78, 5) is 21.2. The molecule has 26 heavy (non-hydrogen) atoms. The van der Waals surface area contributed by atoms with Crippen molar-refractivity contribution in [3.8, 4) is 11.3 Å². The molecule has 1 aromatic carbocycles. The topological polar surface area (TPSA) is 39.3 Å². The molecule has 4 nitrogen and oxygen atoms in total. The van der Waals surface area contributed by atoms with Crippen LogP contribution in [0.5, 0.6) is 0 Å². The molecule has 0 unspecified atom stereocenters. The van der Waals surface area contributed by atoms with E-state index in [4.69, 9.17) is 0 Å². The number of pyridine rings is 1. The number of aryl methyl sites for hydroxylation is 1. The third kappa shape index (κ3) is 3.24. The molecule has 4 rings (SSSR count). The first kappa shape index (κ1) is 17.5. The maximum Gasteiger partial charge on any atom is 0.186 e. The number of benzene rings is 1. The highest BCUT2D eigenvalue weighted by atomic mass is 16.1. The van der Waals surface area contributed by atoms with Crippen molar-refractivity contribution in [3.63, 3.8) is 0 Å². The van der Waals surface area contributed by atoms with Gasteiger partial charge in [-0.3, -0.25) is 9.69 Å². The molecule has 0 radical (unpaired) electrons. The lowest BCUT2D eigenvalue weighted by Crippen LogP contribution is -2.59. The third-order valence-corrected chi connectivity index (χ3v) is 6.31. The van der Waals surface area contributed by atoms with Gasteiger partial charge in [-0.1, -0.05) is 37.1 Å². The summed E-state index contributed by atoms with van der Waals surface area (Å²) in [5.41, 5.74) is 4.50. The highest BCUT2D eigenvalue weighted by Crippen LogP contribution is 2.38. The zero-order valence-electron chi connectivity index (χ0n) is 15.9. The summed E-state index contributed by atoms with van der Waals surface area (Å²) in [6, 6.07) is 9.96. The summed E-state index contributed by atoms with van der Waals surface area (Å²) in [6.45, 7) is 6.11. The molecule has 1 saturated carbocycles. The Bertz CT molecular complexity index is 835. The van der Waals surface area contributed by atoms with Gasteiger partial charge >= 0.3 is 0 Å². The largest absolute Gasteiger partial charge is 0.361 e. The Morgan fingerprint density at radius 2 is 1.92 bits per heavy atom. The Morgan fingerprint density at radius 1 is 1.15 bits per heavy atom. The van der Waals surface area contributed by atoms with E-state index in [9.17, 15) is 4.79 Å². The van der Waals surface area contributed by atoms with Crippen LogP contribution in [0.2, 0.25) is 0 Å². The van der Waals surface area contributed by atoms with Gasteiger partial charge in [0.15, 0.2) is 5.43 Å². The Balaban J connectivity index is 1.59. The first-order valence-corrected chi connectivity index (χ1v) is 9.79. The van der Waals surface area contributed by atoms with Crippen molar-refractivity contribution in [2.45, 2.75) is 44.7 Å². The predicted octanol–water partition coefficient (Wildman–Crippen LogP) is 3.41. The van der Waals surface area contributed by atoms with E-state index in [1.807, 2.05) is 18.3 Å². The van der Waals surface area contributed by atoms with Crippen LogP contribution in [0, 0.1) is 6.92 Å². The van der Waals surface area contributed by atoms with Crippen molar-refractivity contribution >= 4 is 0 Å². The molecular formula is C22H29N3O. The number of hydrogen-bond acceptors (Lipinski definition) is 3. The Labute approximate surface area is 155 Å². The molecule has 1 saturated heterocycles. The Kier molecular flexibility index (Phi) is 4.72. The SMILES string of the molecule is Cc1ccccc1-c1cc(=O)c(CN2CCN(C)CC23CCCC3)c[nH]1. The summed E-state index contributed by atoms with van der Waals surface area (Å²) in [5.74, 6) is 0. The standard InChI is InChI=1S/C22H29N3O/c1-17-7-3-4-8-19(17)20-13-21(26)18(14-23-20)15-25-12-11-24(2)16-22(25)9-5-6-10-22/h3-4,7-8,13-14H,5-6,9-12,15-16H2,1-2H3,(H,23,26). The van der Waals surface area contributed by atoms with Crippen molar-refractivity contribution in [1.29, 1.82) is 0 Å². The molecule has 0 atom stereocenters. The average Bonchev–Trinajstić information content (AvgIpc) is 3.08. The fourth-order valence-electron chi connectivity index (χ4n) is 4.83. The number of H-pyrrole nitrogens is 1. The van der Waals surface area contributed by atoms with E-state index in [1.165, 1.54) is 31.2 Å². The summed E-state index contributed by atoms with van der Waals surface area (Å²) >= 11 is 0. The minimum absolute atomic E-state index is 0.147. The van der Waals surface area contributed by atoms with Crippen LogP contribution in [0.4, 0.5) is 0 Å². The van der Waals surface area contributed by atoms with Gasteiger partial charge in [-0.15, -0.1) is 0 Å². The van der Waals surface area contributed by atoms with Crippen molar-refractivity contribution < 1.29 is 0 Å². The van der Waals surface area contributed by atoms with Gasteiger partial charge in [0.1, 0.15) is 0 Å². The number of aromatic amines is 1. The maximum atomic E-state index is 12.8. The number of nitrogens with one attached hydrogen (secondary N) is 1. The second-order valence-electron chi connectivity index (χ2n) is 8.14. The summed E-state index contributed by atoms with van der Waals surface area (Å²) in [7, 11) is 2.22. The average molecular weight is 351 g/mol. The van der Waals surface area contributed by atoms with E-state index in [2.05, 4.69) is 40.9 Å². The van der Waals surface area contributed by atoms with Gasteiger partial charge in [0.2, 0.25) is 0 Å². The van der Waals surface area contributed by atoms with E-state index in [-0.39, 0.29) is 11.0 Å². The highest BCUT2D eigenvalue weighted by Gasteiger charge is 2.42. The van der Waals surface area contributed by atoms with Gasteiger partial charge in [-0.25, -0.2) is 0 Å². The van der Waals surface area contributed by atoms with Crippen molar-refractivity contribution in [3.05, 3.63) is 57.9 Å². The Morgan fingerprint density at radius 3 is 2.65 bits per heavy atom. The fourth-order valence-corrected chi connectivity index (χ4v) is 4.83. The van der Waals surface area contributed by atoms with E-state index in [1.54, 1.807) is 6.07 Å². The van der Waals surface area contributed by atoms with Crippen LogP contribution in [0.3, 0.4) is 0 Å². The molecule has 2 aliphatic rings. The molecule has 0 bridgehead atoms. The molecule has 2 heterocycles. The smallest absolute Gasteiger partial charge is 0.186 e. The number of nitrogens with zero attached hydrogens (tertiary/aromatic N) is 2. The number of hydrogen-bond donors (Lipinski definition) is 1. The lowest BCUT2D eigenvalue weighted by molar-refractivity contribution is 0.00439. The first-order chi connectivity index (χ1) is 12.6. The molecule has 1 aliphatic carbocycles. The minimum atomic E-state index is 0.147. The van der Waals surface area contributed by atoms with Crippen LogP contribution in [-0.2, 0) is 6.54 Å². The van der Waals surface area contributed by atoms with Gasteiger partial charge in [-0.05, 0) is 32.4 Å². The minimum Gasteiger partial charge on any atom is -0.361 e. The van der Waals surface area contributed by atoms with E-state index >= 15 is 0 Å². The van der Waals surface area contributed by atoms with Crippen LogP contribution in [0.25, 0.3) is 11.3 Å². The summed E-state index contributed by atoms with van der Waals surface area (Å²) < 4.78 is 0. The van der Waals surface area contributed by atoms with Crippen molar-refractivity contribution in [2.75, 3.05) is 26.7 Å². The van der Waals surface area contributed by atoms with Gasteiger partial charge in [0.25, 0.3) is 0 Å². The van der Waals surface area contributed by atoms with E-state index < -0.39 is 0 Å². The second-order valence-corrected chi connectivity index (χ2v) is 8.14. The normalized spacial score (nSPS) is 20.7. The predicted molar refractivity (Wildman–Crippen MR) is 106 cm³/mol. The van der Waals surface area contributed by atoms with Crippen molar-refractivity contribution in [2.24, 2.45) is 0 Å². The van der Waals surface area contributed by atoms with E-state index in [0.717, 1.165) is 43.0 Å². The monoisotopic (exact) mass is 351 g/mol. The van der Waals surface area contributed by atoms with E-state index in [0.29, 0.717) is 0 Å². The molecule has 2 aromatic rings. The first-order valence-electron chi connectivity index (χ1n) is 9.79. The number of aromatic nitrogens is 1. The van der Waals surface area contributed by atoms with Gasteiger partial charge < -0.3 is 9.88 Å². The molecule has 1 N–H and O–H groups in total. The summed E-state index contributed by atoms with van der Waals surface area (Å²) in [5, 5.41) is 0. The van der Waals surface area contributed by atoms with Crippen molar-refractivity contribution in [1.82, 2.24) is 14.8 Å². The lowest BCUT2D eigenvalue weighted by atomic mass is 9.91. The number of piperazine rings is 1. The van der Waals surface area contributed by atoms with Crippen LogP contribution in [0.15, 0.2) is 41.3 Å². The van der Waals surface area contributed by atoms with Crippen LogP contribution in [0.1, 0.15) is 36.8 Å². The fraction of sp³-hybridized carbons (Fsp3) is 0.500. The molecule has 1 aliphatic heterocycles. The molecule has 138 valence electrons. The van der Waals surface area contributed by atoms with Gasteiger partial charge in [-0.2, -0.15) is 0 Å². The third-order valence-electron chi connectivity index (χ3n) is 6.31. The van der Waals surface area contributed by atoms with Crippen LogP contribution >= 0.6 is 0 Å². The highest BCUT2D eigenvalue weighted by molar-refractivity contribution is 5.63. The molecule has 4 heteroatoms. The summed E-state index contributed by atoms with van der Waals surface area (Å²) in [6.07, 6.45) is 7.08. The van der Waals surface area contributed by atoms with Crippen LogP contribution in [-0.4, -0.2) is 47.0 Å². The zero-order chi connectivity index (χ0) is 18.1. The molecular weight excluding hydrogens is 322 g/mol. The number of likely N-dealkylation sites (N-methyl/N-ethyl adjacent to an activating group) is 1. The van der Waals surface area contributed by atoms with Gasteiger partial charge in [0.05, 0.1) is 0 Å². The lowest BCUT2D eigenvalue weighted by Gasteiger charge is -2.48. The molecule has 0 amide bonds. The molecule has 1 aromatic heterocycles.